The number of aromatic nitrogens is 6. The van der Waals surface area contributed by atoms with E-state index >= 15 is 0 Å². The predicted octanol–water partition coefficient (Wildman–Crippen LogP) is 1.87. The van der Waals surface area contributed by atoms with Crippen molar-refractivity contribution in [1.29, 1.82) is 0 Å². The van der Waals surface area contributed by atoms with E-state index in [1.165, 1.54) is 4.80 Å². The molecule has 1 unspecified atom stereocenters. The zero-order valence-electron chi connectivity index (χ0n) is 14.5. The minimum Gasteiger partial charge on any atom is -0.423 e. The molecule has 2 heterocycles. The Kier molecular flexibility index (Phi) is 4.55. The molecular formula is C16H19N7O2. The number of aryl methyl sites for hydroxylation is 1. The third-order valence-electron chi connectivity index (χ3n) is 3.58. The Labute approximate surface area is 144 Å². The number of rotatable bonds is 5. The number of benzene rings is 1. The molecule has 3 aromatic rings. The number of nitrogens with one attached hydrogen (secondary N) is 1. The Bertz CT molecular complexity index is 867. The second-order valence-corrected chi connectivity index (χ2v) is 6.01. The van der Waals surface area contributed by atoms with Gasteiger partial charge >= 0.3 is 0 Å². The van der Waals surface area contributed by atoms with Crippen molar-refractivity contribution >= 4 is 5.91 Å². The highest BCUT2D eigenvalue weighted by molar-refractivity contribution is 5.94. The number of amides is 1. The van der Waals surface area contributed by atoms with Gasteiger partial charge in [-0.2, -0.15) is 4.80 Å². The average molecular weight is 341 g/mol. The van der Waals surface area contributed by atoms with Crippen LogP contribution in [0.5, 0.6) is 0 Å². The van der Waals surface area contributed by atoms with E-state index in [0.29, 0.717) is 23.2 Å². The highest BCUT2D eigenvalue weighted by atomic mass is 16.4. The van der Waals surface area contributed by atoms with Gasteiger partial charge in [0.25, 0.3) is 5.91 Å². The highest BCUT2D eigenvalue weighted by Gasteiger charge is 2.18. The smallest absolute Gasteiger partial charge is 0.251 e. The third-order valence-corrected chi connectivity index (χ3v) is 3.58. The summed E-state index contributed by atoms with van der Waals surface area (Å²) in [5.74, 6) is 1.37. The molecule has 0 saturated heterocycles. The fraction of sp³-hybridized carbons (Fsp3) is 0.375. The van der Waals surface area contributed by atoms with Gasteiger partial charge in [0, 0.05) is 17.0 Å². The van der Waals surface area contributed by atoms with Crippen LogP contribution in [0.2, 0.25) is 0 Å². The molecular weight excluding hydrogens is 322 g/mol. The molecule has 0 radical (unpaired) electrons. The first-order chi connectivity index (χ1) is 11.9. The summed E-state index contributed by atoms with van der Waals surface area (Å²) in [6.07, 6.45) is 0. The minimum absolute atomic E-state index is 0.145. The maximum absolute atomic E-state index is 12.4. The maximum atomic E-state index is 12.4. The summed E-state index contributed by atoms with van der Waals surface area (Å²) >= 11 is 0. The van der Waals surface area contributed by atoms with Gasteiger partial charge in [-0.1, -0.05) is 26.0 Å². The van der Waals surface area contributed by atoms with E-state index in [0.717, 1.165) is 5.56 Å². The van der Waals surface area contributed by atoms with Crippen molar-refractivity contribution in [2.75, 3.05) is 0 Å². The number of tetrazole rings is 1. The Morgan fingerprint density at radius 2 is 1.76 bits per heavy atom. The Morgan fingerprint density at radius 1 is 1.08 bits per heavy atom. The van der Waals surface area contributed by atoms with Gasteiger partial charge in [0.05, 0.1) is 7.05 Å². The topological polar surface area (TPSA) is 112 Å². The SMILES string of the molecule is CC(C)c1nnc(C(C)NC(=O)c2ccc(-c3nnn(C)n3)cc2)o1. The van der Waals surface area contributed by atoms with Crippen molar-refractivity contribution in [2.24, 2.45) is 7.05 Å². The molecule has 3 rings (SSSR count). The van der Waals surface area contributed by atoms with Crippen molar-refractivity contribution in [3.8, 4) is 11.4 Å². The fourth-order valence-corrected chi connectivity index (χ4v) is 2.17. The van der Waals surface area contributed by atoms with Gasteiger partial charge in [0.1, 0.15) is 6.04 Å². The van der Waals surface area contributed by atoms with Crippen molar-refractivity contribution in [3.05, 3.63) is 41.6 Å². The van der Waals surface area contributed by atoms with Crippen molar-refractivity contribution in [1.82, 2.24) is 35.7 Å². The summed E-state index contributed by atoms with van der Waals surface area (Å²) in [7, 11) is 1.70. The standard InChI is InChI=1S/C16H19N7O2/c1-9(2)15-19-20-16(25-15)10(3)17-14(24)12-7-5-11(6-8-12)13-18-22-23(4)21-13/h5-10H,1-4H3,(H,17,24). The summed E-state index contributed by atoms with van der Waals surface area (Å²) in [5, 5.41) is 22.7. The summed E-state index contributed by atoms with van der Waals surface area (Å²) in [6, 6.07) is 6.59. The predicted molar refractivity (Wildman–Crippen MR) is 88.5 cm³/mol. The Morgan fingerprint density at radius 3 is 2.32 bits per heavy atom. The molecule has 0 saturated carbocycles. The number of nitrogens with zero attached hydrogens (tertiary/aromatic N) is 6. The Balaban J connectivity index is 1.68. The number of carbonyl (C=O) groups is 1. The van der Waals surface area contributed by atoms with Crippen LogP contribution in [-0.2, 0) is 7.05 Å². The summed E-state index contributed by atoms with van der Waals surface area (Å²) in [5.41, 5.74) is 1.30. The lowest BCUT2D eigenvalue weighted by Crippen LogP contribution is -2.26. The van der Waals surface area contributed by atoms with E-state index in [9.17, 15) is 4.79 Å². The monoisotopic (exact) mass is 341 g/mol. The Hall–Kier alpha value is -3.10. The van der Waals surface area contributed by atoms with Crippen LogP contribution >= 0.6 is 0 Å². The van der Waals surface area contributed by atoms with E-state index < -0.39 is 0 Å². The zero-order chi connectivity index (χ0) is 18.0. The van der Waals surface area contributed by atoms with Crippen LogP contribution in [0.3, 0.4) is 0 Å². The maximum Gasteiger partial charge on any atom is 0.251 e. The van der Waals surface area contributed by atoms with Gasteiger partial charge in [0.15, 0.2) is 0 Å². The van der Waals surface area contributed by atoms with E-state index in [-0.39, 0.29) is 17.9 Å². The molecule has 130 valence electrons. The first-order valence-electron chi connectivity index (χ1n) is 7.92. The summed E-state index contributed by atoms with van der Waals surface area (Å²) < 4.78 is 5.56. The van der Waals surface area contributed by atoms with Gasteiger partial charge < -0.3 is 9.73 Å². The second kappa shape index (κ2) is 6.80. The van der Waals surface area contributed by atoms with Gasteiger partial charge in [-0.05, 0) is 24.3 Å². The van der Waals surface area contributed by atoms with E-state index in [1.54, 1.807) is 38.2 Å². The molecule has 9 heteroatoms. The van der Waals surface area contributed by atoms with Gasteiger partial charge in [-0.3, -0.25) is 4.79 Å². The van der Waals surface area contributed by atoms with Gasteiger partial charge in [-0.25, -0.2) is 0 Å². The molecule has 0 aliphatic heterocycles. The average Bonchev–Trinajstić information content (AvgIpc) is 3.24. The second-order valence-electron chi connectivity index (χ2n) is 6.01. The quantitative estimate of drug-likeness (QED) is 0.754. The lowest BCUT2D eigenvalue weighted by atomic mass is 10.1. The van der Waals surface area contributed by atoms with Crippen LogP contribution in [0.4, 0.5) is 0 Å². The number of hydrogen-bond donors (Lipinski definition) is 1. The fourth-order valence-electron chi connectivity index (χ4n) is 2.17. The van der Waals surface area contributed by atoms with Crippen LogP contribution in [0.25, 0.3) is 11.4 Å². The molecule has 0 spiro atoms. The summed E-state index contributed by atoms with van der Waals surface area (Å²) in [6.45, 7) is 5.73. The zero-order valence-corrected chi connectivity index (χ0v) is 14.5. The van der Waals surface area contributed by atoms with Crippen LogP contribution in [0.15, 0.2) is 28.7 Å². The first kappa shape index (κ1) is 16.7. The minimum atomic E-state index is -0.381. The van der Waals surface area contributed by atoms with E-state index in [1.807, 2.05) is 13.8 Å². The van der Waals surface area contributed by atoms with E-state index in [4.69, 9.17) is 4.42 Å². The number of hydrogen-bond acceptors (Lipinski definition) is 7. The van der Waals surface area contributed by atoms with Crippen molar-refractivity contribution < 1.29 is 9.21 Å². The molecule has 9 nitrogen and oxygen atoms in total. The van der Waals surface area contributed by atoms with Gasteiger partial charge in [-0.15, -0.1) is 20.4 Å². The third kappa shape index (κ3) is 3.70. The molecule has 0 fully saturated rings. The molecule has 1 amide bonds. The van der Waals surface area contributed by atoms with Crippen LogP contribution in [-0.4, -0.2) is 36.3 Å². The number of carbonyl (C=O) groups excluding carboxylic acids is 1. The molecule has 1 aromatic carbocycles. The van der Waals surface area contributed by atoms with Crippen LogP contribution < -0.4 is 5.32 Å². The molecule has 2 aromatic heterocycles. The van der Waals surface area contributed by atoms with Crippen LogP contribution in [0, 0.1) is 0 Å². The van der Waals surface area contributed by atoms with E-state index in [2.05, 4.69) is 30.9 Å². The van der Waals surface area contributed by atoms with Crippen LogP contribution in [0.1, 0.15) is 54.9 Å². The summed E-state index contributed by atoms with van der Waals surface area (Å²) in [4.78, 5) is 13.8. The lowest BCUT2D eigenvalue weighted by molar-refractivity contribution is 0.0934. The molecule has 25 heavy (non-hydrogen) atoms. The largest absolute Gasteiger partial charge is 0.423 e. The molecule has 0 aliphatic rings. The van der Waals surface area contributed by atoms with Crippen molar-refractivity contribution in [3.63, 3.8) is 0 Å². The molecule has 0 aliphatic carbocycles. The first-order valence-corrected chi connectivity index (χ1v) is 7.92. The van der Waals surface area contributed by atoms with Gasteiger partial charge in [0.2, 0.25) is 17.6 Å². The molecule has 1 atom stereocenters. The van der Waals surface area contributed by atoms with Crippen molar-refractivity contribution in [2.45, 2.75) is 32.7 Å². The normalized spacial score (nSPS) is 12.4. The lowest BCUT2D eigenvalue weighted by Gasteiger charge is -2.10. The highest BCUT2D eigenvalue weighted by Crippen LogP contribution is 2.18. The molecule has 1 N–H and O–H groups in total. The molecule has 0 bridgehead atoms.